The normalized spacial score (nSPS) is 19.5. The fourth-order valence-electron chi connectivity index (χ4n) is 2.38. The average Bonchev–Trinajstić information content (AvgIpc) is 2.45. The molecule has 2 heterocycles. The highest BCUT2D eigenvalue weighted by Crippen LogP contribution is 2.17. The molecule has 116 valence electrons. The third-order valence-electron chi connectivity index (χ3n) is 3.41. The molecule has 1 saturated heterocycles. The highest BCUT2D eigenvalue weighted by molar-refractivity contribution is 7.87. The largest absolute Gasteiger partial charge is 0.338 e. The predicted molar refractivity (Wildman–Crippen MR) is 76.8 cm³/mol. The molecule has 4 N–H and O–H groups in total. The Hall–Kier alpha value is -1.71. The number of aromatic amines is 1. The number of aromatic nitrogens is 1. The zero-order chi connectivity index (χ0) is 15.5. The Morgan fingerprint density at radius 2 is 2.24 bits per heavy atom. The van der Waals surface area contributed by atoms with Crippen molar-refractivity contribution in [1.29, 1.82) is 0 Å². The number of piperidine rings is 1. The van der Waals surface area contributed by atoms with Crippen LogP contribution in [0.25, 0.3) is 0 Å². The summed E-state index contributed by atoms with van der Waals surface area (Å²) in [5, 5.41) is 4.90. The van der Waals surface area contributed by atoms with Gasteiger partial charge in [0.15, 0.2) is 0 Å². The molecule has 2 rings (SSSR count). The zero-order valence-electron chi connectivity index (χ0n) is 11.4. The Labute approximate surface area is 122 Å². The maximum atomic E-state index is 12.3. The molecule has 1 aromatic rings. The van der Waals surface area contributed by atoms with Crippen LogP contribution in [-0.4, -0.2) is 43.8 Å². The molecule has 0 radical (unpaired) electrons. The lowest BCUT2D eigenvalue weighted by atomic mass is 9.98. The number of H-pyrrole nitrogens is 1. The number of likely N-dealkylation sites (tertiary alicyclic amines) is 1. The molecular weight excluding hydrogens is 296 g/mol. The van der Waals surface area contributed by atoms with Crippen molar-refractivity contribution in [1.82, 2.24) is 14.6 Å². The summed E-state index contributed by atoms with van der Waals surface area (Å²) in [6.07, 6.45) is 3.01. The van der Waals surface area contributed by atoms with Crippen LogP contribution in [0.5, 0.6) is 0 Å². The number of hydrogen-bond donors (Lipinski definition) is 3. The van der Waals surface area contributed by atoms with Gasteiger partial charge in [-0.15, -0.1) is 0 Å². The van der Waals surface area contributed by atoms with Crippen LogP contribution in [0.1, 0.15) is 23.2 Å². The lowest BCUT2D eigenvalue weighted by Crippen LogP contribution is -2.44. The van der Waals surface area contributed by atoms with Crippen molar-refractivity contribution in [2.45, 2.75) is 12.8 Å². The van der Waals surface area contributed by atoms with Gasteiger partial charge in [0.1, 0.15) is 0 Å². The fraction of sp³-hybridized carbons (Fsp3) is 0.500. The standard InChI is InChI=1S/C12H18N4O4S/c13-21(19,20)15-6-9-2-1-5-16(8-9)12(18)10-3-4-11(17)14-7-10/h3-4,7,9,15H,1-2,5-6,8H2,(H,14,17)(H2,13,19,20). The molecule has 1 aliphatic rings. The lowest BCUT2D eigenvalue weighted by Gasteiger charge is -2.32. The van der Waals surface area contributed by atoms with Gasteiger partial charge in [0.05, 0.1) is 5.56 Å². The molecule has 1 amide bonds. The topological polar surface area (TPSA) is 125 Å². The number of carbonyl (C=O) groups excluding carboxylic acids is 1. The maximum absolute atomic E-state index is 12.3. The minimum absolute atomic E-state index is 0.0313. The summed E-state index contributed by atoms with van der Waals surface area (Å²) in [5.74, 6) is -0.143. The summed E-state index contributed by atoms with van der Waals surface area (Å²) >= 11 is 0. The van der Waals surface area contributed by atoms with Crippen molar-refractivity contribution >= 4 is 16.1 Å². The van der Waals surface area contributed by atoms with E-state index in [0.717, 1.165) is 12.8 Å². The van der Waals surface area contributed by atoms with Crippen molar-refractivity contribution in [3.63, 3.8) is 0 Å². The third-order valence-corrected chi connectivity index (χ3v) is 3.98. The van der Waals surface area contributed by atoms with Crippen LogP contribution in [-0.2, 0) is 10.2 Å². The van der Waals surface area contributed by atoms with Crippen LogP contribution in [0.3, 0.4) is 0 Å². The van der Waals surface area contributed by atoms with Gasteiger partial charge in [-0.3, -0.25) is 9.59 Å². The van der Waals surface area contributed by atoms with Crippen molar-refractivity contribution in [2.75, 3.05) is 19.6 Å². The van der Waals surface area contributed by atoms with Gasteiger partial charge in [0.2, 0.25) is 5.56 Å². The Balaban J connectivity index is 1.98. The Morgan fingerprint density at radius 1 is 1.48 bits per heavy atom. The van der Waals surface area contributed by atoms with Gasteiger partial charge in [-0.25, -0.2) is 9.86 Å². The molecule has 21 heavy (non-hydrogen) atoms. The fourth-order valence-corrected chi connectivity index (χ4v) is 2.84. The highest BCUT2D eigenvalue weighted by Gasteiger charge is 2.25. The van der Waals surface area contributed by atoms with Crippen LogP contribution in [0.2, 0.25) is 0 Å². The van der Waals surface area contributed by atoms with Crippen molar-refractivity contribution in [3.05, 3.63) is 34.2 Å². The maximum Gasteiger partial charge on any atom is 0.274 e. The summed E-state index contributed by atoms with van der Waals surface area (Å²) in [6.45, 7) is 1.29. The number of nitrogens with one attached hydrogen (secondary N) is 2. The van der Waals surface area contributed by atoms with Gasteiger partial charge in [-0.2, -0.15) is 8.42 Å². The van der Waals surface area contributed by atoms with E-state index in [4.69, 9.17) is 5.14 Å². The lowest BCUT2D eigenvalue weighted by molar-refractivity contribution is 0.0676. The van der Waals surface area contributed by atoms with E-state index in [1.807, 2.05) is 0 Å². The quantitative estimate of drug-likeness (QED) is 0.660. The van der Waals surface area contributed by atoms with E-state index in [-0.39, 0.29) is 23.9 Å². The molecule has 0 spiro atoms. The van der Waals surface area contributed by atoms with Crippen LogP contribution in [0.15, 0.2) is 23.1 Å². The second kappa shape index (κ2) is 6.37. The van der Waals surface area contributed by atoms with Gasteiger partial charge >= 0.3 is 0 Å². The smallest absolute Gasteiger partial charge is 0.274 e. The number of hydrogen-bond acceptors (Lipinski definition) is 4. The van der Waals surface area contributed by atoms with Gasteiger partial charge < -0.3 is 9.88 Å². The second-order valence-electron chi connectivity index (χ2n) is 5.09. The summed E-state index contributed by atoms with van der Waals surface area (Å²) in [4.78, 5) is 27.4. The number of amides is 1. The van der Waals surface area contributed by atoms with E-state index in [9.17, 15) is 18.0 Å². The van der Waals surface area contributed by atoms with Crippen LogP contribution >= 0.6 is 0 Å². The minimum atomic E-state index is -3.71. The van der Waals surface area contributed by atoms with Gasteiger partial charge in [0, 0.05) is 31.9 Å². The number of rotatable bonds is 4. The van der Waals surface area contributed by atoms with E-state index in [1.54, 1.807) is 4.90 Å². The molecule has 9 heteroatoms. The number of pyridine rings is 1. The summed E-state index contributed by atoms with van der Waals surface area (Å²) in [7, 11) is -3.71. The van der Waals surface area contributed by atoms with E-state index in [0.29, 0.717) is 18.7 Å². The molecule has 0 aromatic carbocycles. The first-order valence-electron chi connectivity index (χ1n) is 6.60. The van der Waals surface area contributed by atoms with Gasteiger partial charge in [-0.05, 0) is 24.8 Å². The first kappa shape index (κ1) is 15.7. The van der Waals surface area contributed by atoms with E-state index in [2.05, 4.69) is 9.71 Å². The molecule has 1 unspecified atom stereocenters. The van der Waals surface area contributed by atoms with Crippen LogP contribution in [0, 0.1) is 5.92 Å². The summed E-state index contributed by atoms with van der Waals surface area (Å²) < 4.78 is 24.1. The van der Waals surface area contributed by atoms with Crippen LogP contribution < -0.4 is 15.4 Å². The first-order chi connectivity index (χ1) is 9.85. The van der Waals surface area contributed by atoms with Gasteiger partial charge in [0.25, 0.3) is 16.1 Å². The molecule has 0 saturated carbocycles. The predicted octanol–water partition coefficient (Wildman–Crippen LogP) is -0.980. The number of carbonyl (C=O) groups is 1. The number of nitrogens with two attached hydrogens (primary N) is 1. The summed E-state index contributed by atoms with van der Waals surface area (Å²) in [6, 6.07) is 2.78. The van der Waals surface area contributed by atoms with E-state index in [1.165, 1.54) is 18.3 Å². The SMILES string of the molecule is NS(=O)(=O)NCC1CCCN(C(=O)c2ccc(=O)[nH]c2)C1. The average molecular weight is 314 g/mol. The monoisotopic (exact) mass is 314 g/mol. The third kappa shape index (κ3) is 4.66. The molecular formula is C12H18N4O4S. The highest BCUT2D eigenvalue weighted by atomic mass is 32.2. The minimum Gasteiger partial charge on any atom is -0.338 e. The zero-order valence-corrected chi connectivity index (χ0v) is 12.2. The molecule has 8 nitrogen and oxygen atoms in total. The Kier molecular flexibility index (Phi) is 4.76. The molecule has 1 fully saturated rings. The molecule has 1 aromatic heterocycles. The second-order valence-corrected chi connectivity index (χ2v) is 6.47. The van der Waals surface area contributed by atoms with Crippen molar-refractivity contribution < 1.29 is 13.2 Å². The molecule has 1 atom stereocenters. The Bertz CT molecular complexity index is 650. The van der Waals surface area contributed by atoms with Crippen molar-refractivity contribution in [3.8, 4) is 0 Å². The first-order valence-corrected chi connectivity index (χ1v) is 8.15. The summed E-state index contributed by atoms with van der Waals surface area (Å²) in [5.41, 5.74) is 0.148. The number of nitrogens with zero attached hydrogens (tertiary/aromatic N) is 1. The van der Waals surface area contributed by atoms with Gasteiger partial charge in [-0.1, -0.05) is 0 Å². The van der Waals surface area contributed by atoms with Crippen LogP contribution in [0.4, 0.5) is 0 Å². The molecule has 0 bridgehead atoms. The van der Waals surface area contributed by atoms with E-state index < -0.39 is 10.2 Å². The molecule has 0 aliphatic carbocycles. The Morgan fingerprint density at radius 3 is 2.86 bits per heavy atom. The molecule has 1 aliphatic heterocycles. The van der Waals surface area contributed by atoms with Crippen molar-refractivity contribution in [2.24, 2.45) is 11.1 Å². The van der Waals surface area contributed by atoms with E-state index >= 15 is 0 Å².